The van der Waals surface area contributed by atoms with Crippen LogP contribution in [0.15, 0.2) is 51.8 Å². The van der Waals surface area contributed by atoms with Crippen LogP contribution in [0.2, 0.25) is 5.02 Å². The third-order valence-electron chi connectivity index (χ3n) is 2.60. The lowest BCUT2D eigenvalue weighted by Gasteiger charge is -2.07. The minimum Gasteiger partial charge on any atom is -0.494 e. The van der Waals surface area contributed by atoms with Gasteiger partial charge in [-0.2, -0.15) is 0 Å². The van der Waals surface area contributed by atoms with Gasteiger partial charge in [0, 0.05) is 25.8 Å². The zero-order valence-electron chi connectivity index (χ0n) is 10.8. The number of ether oxygens (including phenoxy) is 1. The van der Waals surface area contributed by atoms with Crippen molar-refractivity contribution in [1.29, 1.82) is 0 Å². The molecule has 2 N–H and O–H groups in total. The van der Waals surface area contributed by atoms with E-state index in [1.807, 2.05) is 42.5 Å². The van der Waals surface area contributed by atoms with Gasteiger partial charge in [0.15, 0.2) is 0 Å². The van der Waals surface area contributed by atoms with Gasteiger partial charge >= 0.3 is 0 Å². The number of nitrogen functional groups attached to an aromatic ring is 1. The number of benzene rings is 2. The van der Waals surface area contributed by atoms with Crippen LogP contribution in [0.5, 0.6) is 5.75 Å². The third kappa shape index (κ3) is 4.93. The second kappa shape index (κ2) is 7.81. The number of anilines is 1. The van der Waals surface area contributed by atoms with Crippen LogP contribution in [-0.2, 0) is 0 Å². The first-order valence-electron chi connectivity index (χ1n) is 6.21. The first kappa shape index (κ1) is 15.5. The average molecular weight is 373 g/mol. The fourth-order valence-corrected chi connectivity index (χ4v) is 3.16. The molecule has 0 radical (unpaired) electrons. The monoisotopic (exact) mass is 371 g/mol. The highest BCUT2D eigenvalue weighted by Crippen LogP contribution is 2.28. The summed E-state index contributed by atoms with van der Waals surface area (Å²) in [5, 5.41) is 0.720. The maximum absolute atomic E-state index is 5.92. The molecule has 0 saturated carbocycles. The molecular formula is C15H15BrClNOS. The van der Waals surface area contributed by atoms with E-state index in [2.05, 4.69) is 15.9 Å². The molecule has 2 nitrogen and oxygen atoms in total. The first-order valence-corrected chi connectivity index (χ1v) is 8.37. The minimum atomic E-state index is 0.683. The van der Waals surface area contributed by atoms with Gasteiger partial charge in [-0.15, -0.1) is 11.8 Å². The Bertz CT molecular complexity index is 562. The Labute approximate surface area is 136 Å². The summed E-state index contributed by atoms with van der Waals surface area (Å²) < 4.78 is 6.69. The normalized spacial score (nSPS) is 10.5. The summed E-state index contributed by atoms with van der Waals surface area (Å²) >= 11 is 11.0. The molecule has 5 heteroatoms. The number of halogens is 2. The van der Waals surface area contributed by atoms with Crippen molar-refractivity contribution in [3.63, 3.8) is 0 Å². The maximum Gasteiger partial charge on any atom is 0.119 e. The summed E-state index contributed by atoms with van der Waals surface area (Å²) in [4.78, 5) is 1.10. The van der Waals surface area contributed by atoms with E-state index in [0.29, 0.717) is 6.61 Å². The van der Waals surface area contributed by atoms with Crippen LogP contribution in [-0.4, -0.2) is 12.4 Å². The molecule has 0 saturated heterocycles. The molecule has 0 bridgehead atoms. The number of hydrogen-bond donors (Lipinski definition) is 1. The zero-order chi connectivity index (χ0) is 14.4. The minimum absolute atomic E-state index is 0.683. The third-order valence-corrected chi connectivity index (χ3v) is 4.51. The largest absolute Gasteiger partial charge is 0.494 e. The Morgan fingerprint density at radius 1 is 1.15 bits per heavy atom. The second-order valence-corrected chi connectivity index (χ2v) is 6.68. The molecule has 0 heterocycles. The van der Waals surface area contributed by atoms with Gasteiger partial charge in [-0.3, -0.25) is 0 Å². The Hall–Kier alpha value is -0.840. The van der Waals surface area contributed by atoms with Gasteiger partial charge in [-0.25, -0.2) is 0 Å². The van der Waals surface area contributed by atoms with Gasteiger partial charge < -0.3 is 10.5 Å². The van der Waals surface area contributed by atoms with E-state index < -0.39 is 0 Å². The zero-order valence-corrected chi connectivity index (χ0v) is 14.0. The van der Waals surface area contributed by atoms with E-state index in [0.717, 1.165) is 38.0 Å². The Balaban J connectivity index is 1.71. The highest BCUT2D eigenvalue weighted by molar-refractivity contribution is 9.10. The van der Waals surface area contributed by atoms with E-state index in [1.54, 1.807) is 11.8 Å². The van der Waals surface area contributed by atoms with Crippen LogP contribution >= 0.6 is 39.3 Å². The molecular weight excluding hydrogens is 358 g/mol. The van der Waals surface area contributed by atoms with Crippen LogP contribution in [0.25, 0.3) is 0 Å². The van der Waals surface area contributed by atoms with Crippen LogP contribution in [0.3, 0.4) is 0 Å². The van der Waals surface area contributed by atoms with Crippen LogP contribution < -0.4 is 10.5 Å². The molecule has 106 valence electrons. The molecule has 2 aromatic carbocycles. The predicted octanol–water partition coefficient (Wildman–Crippen LogP) is 5.25. The molecule has 2 rings (SSSR count). The van der Waals surface area contributed by atoms with Crippen molar-refractivity contribution in [2.75, 3.05) is 18.1 Å². The average Bonchev–Trinajstić information content (AvgIpc) is 2.44. The van der Waals surface area contributed by atoms with Crippen molar-refractivity contribution in [3.05, 3.63) is 52.0 Å². The molecule has 0 amide bonds. The molecule has 0 aliphatic heterocycles. The molecule has 0 spiro atoms. The van der Waals surface area contributed by atoms with E-state index in [1.165, 1.54) is 0 Å². The lowest BCUT2D eigenvalue weighted by molar-refractivity contribution is 0.319. The number of nitrogens with two attached hydrogens (primary N) is 1. The van der Waals surface area contributed by atoms with Gasteiger partial charge in [0.05, 0.1) is 6.61 Å². The van der Waals surface area contributed by atoms with Crippen molar-refractivity contribution < 1.29 is 4.74 Å². The molecule has 0 atom stereocenters. The summed E-state index contributed by atoms with van der Waals surface area (Å²) in [6.45, 7) is 0.683. The van der Waals surface area contributed by atoms with Gasteiger partial charge in [0.2, 0.25) is 0 Å². The SMILES string of the molecule is Nc1ccc(Br)cc1SCCCOc1ccc(Cl)cc1. The van der Waals surface area contributed by atoms with Gasteiger partial charge in [0.1, 0.15) is 5.75 Å². The van der Waals surface area contributed by atoms with Gasteiger partial charge in [0.25, 0.3) is 0 Å². The fraction of sp³-hybridized carbons (Fsp3) is 0.200. The number of thioether (sulfide) groups is 1. The fourth-order valence-electron chi connectivity index (χ4n) is 1.60. The molecule has 0 aliphatic rings. The highest BCUT2D eigenvalue weighted by Gasteiger charge is 2.01. The van der Waals surface area contributed by atoms with E-state index in [-0.39, 0.29) is 0 Å². The molecule has 0 aliphatic carbocycles. The molecule has 0 fully saturated rings. The van der Waals surface area contributed by atoms with Crippen molar-refractivity contribution in [1.82, 2.24) is 0 Å². The maximum atomic E-state index is 5.92. The van der Waals surface area contributed by atoms with Crippen LogP contribution in [0, 0.1) is 0 Å². The summed E-state index contributed by atoms with van der Waals surface area (Å²) in [5.41, 5.74) is 6.74. The van der Waals surface area contributed by atoms with E-state index in [4.69, 9.17) is 22.1 Å². The lowest BCUT2D eigenvalue weighted by atomic mass is 10.3. The van der Waals surface area contributed by atoms with E-state index >= 15 is 0 Å². The second-order valence-electron chi connectivity index (χ2n) is 4.19. The van der Waals surface area contributed by atoms with Crippen LogP contribution in [0.1, 0.15) is 6.42 Å². The van der Waals surface area contributed by atoms with Crippen molar-refractivity contribution in [3.8, 4) is 5.75 Å². The Morgan fingerprint density at radius 3 is 2.65 bits per heavy atom. The van der Waals surface area contributed by atoms with Crippen molar-refractivity contribution >= 4 is 45.0 Å². The smallest absolute Gasteiger partial charge is 0.119 e. The molecule has 2 aromatic rings. The van der Waals surface area contributed by atoms with E-state index in [9.17, 15) is 0 Å². The first-order chi connectivity index (χ1) is 9.65. The standard InChI is InChI=1S/C15H15BrClNOS/c16-11-2-7-14(18)15(10-11)20-9-1-8-19-13-5-3-12(17)4-6-13/h2-7,10H,1,8-9,18H2. The highest BCUT2D eigenvalue weighted by atomic mass is 79.9. The quantitative estimate of drug-likeness (QED) is 0.427. The molecule has 20 heavy (non-hydrogen) atoms. The molecule has 0 unspecified atom stereocenters. The van der Waals surface area contributed by atoms with Gasteiger partial charge in [-0.1, -0.05) is 27.5 Å². The topological polar surface area (TPSA) is 35.2 Å². The van der Waals surface area contributed by atoms with Crippen LogP contribution in [0.4, 0.5) is 5.69 Å². The number of rotatable bonds is 6. The predicted molar refractivity (Wildman–Crippen MR) is 90.8 cm³/mol. The Kier molecular flexibility index (Phi) is 6.07. The summed E-state index contributed by atoms with van der Waals surface area (Å²) in [5.74, 6) is 1.82. The summed E-state index contributed by atoms with van der Waals surface area (Å²) in [7, 11) is 0. The molecule has 0 aromatic heterocycles. The Morgan fingerprint density at radius 2 is 1.90 bits per heavy atom. The summed E-state index contributed by atoms with van der Waals surface area (Å²) in [6.07, 6.45) is 0.958. The van der Waals surface area contributed by atoms with Crippen molar-refractivity contribution in [2.24, 2.45) is 0 Å². The van der Waals surface area contributed by atoms with Gasteiger partial charge in [-0.05, 0) is 48.9 Å². The lowest BCUT2D eigenvalue weighted by Crippen LogP contribution is -1.99. The summed E-state index contributed by atoms with van der Waals surface area (Å²) in [6, 6.07) is 13.3. The number of hydrogen-bond acceptors (Lipinski definition) is 3. The van der Waals surface area contributed by atoms with Crippen molar-refractivity contribution in [2.45, 2.75) is 11.3 Å².